The van der Waals surface area contributed by atoms with Crippen molar-refractivity contribution in [1.29, 1.82) is 0 Å². The van der Waals surface area contributed by atoms with E-state index in [1.807, 2.05) is 0 Å². The monoisotopic (exact) mass is 154 g/mol. The van der Waals surface area contributed by atoms with Crippen molar-refractivity contribution in [1.82, 2.24) is 4.98 Å². The molecule has 3 heteroatoms. The highest BCUT2D eigenvalue weighted by atomic mass is 19.1. The SMILES string of the molecule is C[C@](F)(CN)c1cccnc1. The molecule has 0 aliphatic rings. The van der Waals surface area contributed by atoms with Gasteiger partial charge in [0.15, 0.2) is 0 Å². The number of alkyl halides is 1. The van der Waals surface area contributed by atoms with Crippen LogP contribution in [0.5, 0.6) is 0 Å². The molecule has 0 bridgehead atoms. The Labute approximate surface area is 65.3 Å². The first-order valence-corrected chi connectivity index (χ1v) is 3.46. The summed E-state index contributed by atoms with van der Waals surface area (Å²) in [7, 11) is 0. The molecule has 11 heavy (non-hydrogen) atoms. The number of hydrogen-bond acceptors (Lipinski definition) is 2. The summed E-state index contributed by atoms with van der Waals surface area (Å²) in [5, 5.41) is 0. The lowest BCUT2D eigenvalue weighted by atomic mass is 10.0. The first-order valence-electron chi connectivity index (χ1n) is 3.46. The molecule has 0 fully saturated rings. The summed E-state index contributed by atoms with van der Waals surface area (Å²) in [6, 6.07) is 3.38. The summed E-state index contributed by atoms with van der Waals surface area (Å²) in [5.74, 6) is 0. The molecule has 0 aliphatic carbocycles. The van der Waals surface area contributed by atoms with Crippen LogP contribution in [-0.2, 0) is 5.67 Å². The fraction of sp³-hybridized carbons (Fsp3) is 0.375. The summed E-state index contributed by atoms with van der Waals surface area (Å²) >= 11 is 0. The van der Waals surface area contributed by atoms with Gasteiger partial charge in [-0.15, -0.1) is 0 Å². The third kappa shape index (κ3) is 1.74. The highest BCUT2D eigenvalue weighted by Gasteiger charge is 2.23. The quantitative estimate of drug-likeness (QED) is 0.695. The van der Waals surface area contributed by atoms with E-state index >= 15 is 0 Å². The summed E-state index contributed by atoms with van der Waals surface area (Å²) in [6.45, 7) is 1.43. The molecular formula is C8H11FN2. The number of nitrogens with zero attached hydrogens (tertiary/aromatic N) is 1. The van der Waals surface area contributed by atoms with E-state index in [2.05, 4.69) is 4.98 Å². The second kappa shape index (κ2) is 2.96. The Kier molecular flexibility index (Phi) is 2.19. The van der Waals surface area contributed by atoms with E-state index in [0.29, 0.717) is 5.56 Å². The summed E-state index contributed by atoms with van der Waals surface area (Å²) < 4.78 is 13.4. The zero-order valence-corrected chi connectivity index (χ0v) is 6.42. The number of halogens is 1. The Balaban J connectivity index is 2.93. The Hall–Kier alpha value is -0.960. The van der Waals surface area contributed by atoms with E-state index in [1.54, 1.807) is 18.3 Å². The van der Waals surface area contributed by atoms with E-state index in [1.165, 1.54) is 13.1 Å². The molecule has 60 valence electrons. The number of nitrogens with two attached hydrogens (primary N) is 1. The first-order chi connectivity index (χ1) is 5.17. The maximum absolute atomic E-state index is 13.4. The molecule has 2 N–H and O–H groups in total. The van der Waals surface area contributed by atoms with Crippen LogP contribution in [0, 0.1) is 0 Å². The van der Waals surface area contributed by atoms with Gasteiger partial charge < -0.3 is 5.73 Å². The minimum absolute atomic E-state index is 0.0152. The zero-order chi connectivity index (χ0) is 8.32. The lowest BCUT2D eigenvalue weighted by Gasteiger charge is -2.17. The van der Waals surface area contributed by atoms with Crippen LogP contribution in [0.3, 0.4) is 0 Å². The lowest BCUT2D eigenvalue weighted by molar-refractivity contribution is 0.203. The van der Waals surface area contributed by atoms with Crippen molar-refractivity contribution in [3.63, 3.8) is 0 Å². The van der Waals surface area contributed by atoms with Gasteiger partial charge in [0.25, 0.3) is 0 Å². The van der Waals surface area contributed by atoms with Crippen LogP contribution in [0.4, 0.5) is 4.39 Å². The number of rotatable bonds is 2. The van der Waals surface area contributed by atoms with Crippen molar-refractivity contribution in [3.05, 3.63) is 30.1 Å². The number of hydrogen-bond donors (Lipinski definition) is 1. The topological polar surface area (TPSA) is 38.9 Å². The zero-order valence-electron chi connectivity index (χ0n) is 6.42. The average molecular weight is 154 g/mol. The van der Waals surface area contributed by atoms with Crippen LogP contribution in [0.15, 0.2) is 24.5 Å². The molecule has 1 atom stereocenters. The van der Waals surface area contributed by atoms with Gasteiger partial charge in [0.1, 0.15) is 5.67 Å². The third-order valence-electron chi connectivity index (χ3n) is 1.65. The van der Waals surface area contributed by atoms with Crippen LogP contribution in [0.2, 0.25) is 0 Å². The van der Waals surface area contributed by atoms with Gasteiger partial charge in [0.05, 0.1) is 0 Å². The Bertz CT molecular complexity index is 221. The molecule has 1 heterocycles. The van der Waals surface area contributed by atoms with Crippen molar-refractivity contribution in [2.75, 3.05) is 6.54 Å². The third-order valence-corrected chi connectivity index (χ3v) is 1.65. The standard InChI is InChI=1S/C8H11FN2/c1-8(9,6-10)7-3-2-4-11-5-7/h2-5H,6,10H2,1H3/t8-/m0/s1. The molecule has 1 aromatic rings. The van der Waals surface area contributed by atoms with E-state index in [-0.39, 0.29) is 6.54 Å². The van der Waals surface area contributed by atoms with Crippen LogP contribution < -0.4 is 5.73 Å². The highest BCUT2D eigenvalue weighted by molar-refractivity contribution is 5.17. The molecular weight excluding hydrogens is 143 g/mol. The molecule has 0 saturated carbocycles. The maximum atomic E-state index is 13.4. The molecule has 0 aliphatic heterocycles. The van der Waals surface area contributed by atoms with Crippen molar-refractivity contribution in [2.45, 2.75) is 12.6 Å². The molecule has 1 rings (SSSR count). The molecule has 2 nitrogen and oxygen atoms in total. The second-order valence-corrected chi connectivity index (χ2v) is 2.64. The average Bonchev–Trinajstić information content (AvgIpc) is 2.06. The maximum Gasteiger partial charge on any atom is 0.146 e. The highest BCUT2D eigenvalue weighted by Crippen LogP contribution is 2.22. The van der Waals surface area contributed by atoms with Gasteiger partial charge in [-0.3, -0.25) is 4.98 Å². The van der Waals surface area contributed by atoms with Gasteiger partial charge in [-0.1, -0.05) is 6.07 Å². The van der Waals surface area contributed by atoms with E-state index < -0.39 is 5.67 Å². The normalized spacial score (nSPS) is 15.9. The van der Waals surface area contributed by atoms with E-state index in [9.17, 15) is 4.39 Å². The van der Waals surface area contributed by atoms with E-state index in [0.717, 1.165) is 0 Å². The predicted molar refractivity (Wildman–Crippen MR) is 41.8 cm³/mol. The molecule has 0 amide bonds. The van der Waals surface area contributed by atoms with Crippen molar-refractivity contribution >= 4 is 0 Å². The van der Waals surface area contributed by atoms with Gasteiger partial charge in [-0.25, -0.2) is 4.39 Å². The van der Waals surface area contributed by atoms with Gasteiger partial charge >= 0.3 is 0 Å². The molecule has 1 aromatic heterocycles. The first kappa shape index (κ1) is 8.14. The fourth-order valence-electron chi connectivity index (χ4n) is 0.789. The second-order valence-electron chi connectivity index (χ2n) is 2.64. The van der Waals surface area contributed by atoms with Crippen LogP contribution in [0.25, 0.3) is 0 Å². The van der Waals surface area contributed by atoms with Crippen LogP contribution in [0.1, 0.15) is 12.5 Å². The number of pyridine rings is 1. The fourth-order valence-corrected chi connectivity index (χ4v) is 0.789. The van der Waals surface area contributed by atoms with Gasteiger partial charge in [0, 0.05) is 24.5 Å². The van der Waals surface area contributed by atoms with Crippen molar-refractivity contribution < 1.29 is 4.39 Å². The smallest absolute Gasteiger partial charge is 0.146 e. The van der Waals surface area contributed by atoms with Crippen LogP contribution in [-0.4, -0.2) is 11.5 Å². The molecule has 0 spiro atoms. The van der Waals surface area contributed by atoms with Gasteiger partial charge in [-0.05, 0) is 13.0 Å². The molecule has 0 aromatic carbocycles. The Morgan fingerprint density at radius 1 is 1.73 bits per heavy atom. The summed E-state index contributed by atoms with van der Waals surface area (Å²) in [4.78, 5) is 3.80. The lowest BCUT2D eigenvalue weighted by Crippen LogP contribution is -2.26. The van der Waals surface area contributed by atoms with Gasteiger partial charge in [0.2, 0.25) is 0 Å². The molecule has 0 radical (unpaired) electrons. The van der Waals surface area contributed by atoms with Crippen LogP contribution >= 0.6 is 0 Å². The predicted octanol–water partition coefficient (Wildman–Crippen LogP) is 1.23. The Morgan fingerprint density at radius 2 is 2.45 bits per heavy atom. The van der Waals surface area contributed by atoms with Gasteiger partial charge in [-0.2, -0.15) is 0 Å². The minimum Gasteiger partial charge on any atom is -0.327 e. The number of aromatic nitrogens is 1. The molecule has 0 unspecified atom stereocenters. The van der Waals surface area contributed by atoms with E-state index in [4.69, 9.17) is 5.73 Å². The molecule has 0 saturated heterocycles. The summed E-state index contributed by atoms with van der Waals surface area (Å²) in [5.41, 5.74) is 4.32. The Morgan fingerprint density at radius 3 is 2.91 bits per heavy atom. The summed E-state index contributed by atoms with van der Waals surface area (Å²) in [6.07, 6.45) is 3.10. The van der Waals surface area contributed by atoms with Crippen molar-refractivity contribution in [2.24, 2.45) is 5.73 Å². The largest absolute Gasteiger partial charge is 0.327 e. The minimum atomic E-state index is -1.45. The van der Waals surface area contributed by atoms with Crippen molar-refractivity contribution in [3.8, 4) is 0 Å².